The minimum absolute atomic E-state index is 0.0300. The van der Waals surface area contributed by atoms with Gasteiger partial charge >= 0.3 is 5.97 Å². The summed E-state index contributed by atoms with van der Waals surface area (Å²) < 4.78 is 0. The number of hydrogen-bond acceptors (Lipinski definition) is 5. The molecule has 0 fully saturated rings. The van der Waals surface area contributed by atoms with E-state index in [1.54, 1.807) is 6.07 Å². The van der Waals surface area contributed by atoms with Crippen LogP contribution in [0.2, 0.25) is 0 Å². The molecule has 1 aromatic carbocycles. The molecule has 7 heteroatoms. The lowest BCUT2D eigenvalue weighted by Crippen LogP contribution is -2.17. The smallest absolute Gasteiger partial charge is 0.335 e. The van der Waals surface area contributed by atoms with Gasteiger partial charge in [-0.25, -0.2) is 4.79 Å². The molecule has 0 bridgehead atoms. The lowest BCUT2D eigenvalue weighted by atomic mass is 10.2. The van der Waals surface area contributed by atoms with Crippen LogP contribution in [0.3, 0.4) is 0 Å². The van der Waals surface area contributed by atoms with E-state index < -0.39 is 11.9 Å². The average molecular weight is 284 g/mol. The van der Waals surface area contributed by atoms with Gasteiger partial charge in [-0.2, -0.15) is 10.5 Å². The molecular weight excluding hydrogens is 272 g/mol. The molecule has 0 saturated carbocycles. The molecule has 0 aliphatic carbocycles. The van der Waals surface area contributed by atoms with Crippen molar-refractivity contribution < 1.29 is 14.7 Å². The fourth-order valence-corrected chi connectivity index (χ4v) is 1.38. The van der Waals surface area contributed by atoms with Gasteiger partial charge in [-0.15, -0.1) is 0 Å². The van der Waals surface area contributed by atoms with Gasteiger partial charge < -0.3 is 15.7 Å². The molecule has 0 aromatic heterocycles. The van der Waals surface area contributed by atoms with Crippen LogP contribution in [-0.2, 0) is 4.79 Å². The third kappa shape index (κ3) is 5.05. The summed E-state index contributed by atoms with van der Waals surface area (Å²) in [6, 6.07) is 9.32. The number of carboxylic acids is 1. The summed E-state index contributed by atoms with van der Waals surface area (Å²) >= 11 is 0. The van der Waals surface area contributed by atoms with Gasteiger partial charge in [0.2, 0.25) is 0 Å². The highest BCUT2D eigenvalue weighted by atomic mass is 16.4. The van der Waals surface area contributed by atoms with Crippen molar-refractivity contribution in [3.63, 3.8) is 0 Å². The zero-order chi connectivity index (χ0) is 15.7. The monoisotopic (exact) mass is 284 g/mol. The molecule has 0 atom stereocenters. The first-order valence-electron chi connectivity index (χ1n) is 5.93. The van der Waals surface area contributed by atoms with Gasteiger partial charge in [-0.1, -0.05) is 6.07 Å². The number of rotatable bonds is 6. The van der Waals surface area contributed by atoms with Crippen LogP contribution in [0.5, 0.6) is 0 Å². The lowest BCUT2D eigenvalue weighted by Gasteiger charge is -2.05. The number of anilines is 1. The average Bonchev–Trinajstić information content (AvgIpc) is 2.47. The highest BCUT2D eigenvalue weighted by Crippen LogP contribution is 2.11. The second-order valence-corrected chi connectivity index (χ2v) is 3.87. The number of nitriles is 2. The summed E-state index contributed by atoms with van der Waals surface area (Å²) in [5, 5.41) is 31.2. The quantitative estimate of drug-likeness (QED) is 0.410. The van der Waals surface area contributed by atoms with Crippen LogP contribution in [0.1, 0.15) is 16.8 Å². The molecule has 3 N–H and O–H groups in total. The van der Waals surface area contributed by atoms with Crippen LogP contribution in [0.15, 0.2) is 36.0 Å². The van der Waals surface area contributed by atoms with Gasteiger partial charge in [0.15, 0.2) is 0 Å². The lowest BCUT2D eigenvalue weighted by molar-refractivity contribution is -0.112. The third-order valence-corrected chi connectivity index (χ3v) is 2.36. The van der Waals surface area contributed by atoms with E-state index >= 15 is 0 Å². The van der Waals surface area contributed by atoms with Crippen LogP contribution in [0.25, 0.3) is 0 Å². The van der Waals surface area contributed by atoms with E-state index in [0.717, 1.165) is 0 Å². The Morgan fingerprint density at radius 3 is 2.71 bits per heavy atom. The number of carbonyl (C=O) groups excluding carboxylic acids is 1. The van der Waals surface area contributed by atoms with E-state index in [1.165, 1.54) is 30.5 Å². The standard InChI is InChI=1S/C14H12N4O3/c15-5-2-6-17-9-11(8-16)13(19)18-12-4-1-3-10(7-12)14(20)21/h1,3-4,7,9,17H,2,6H2,(H,18,19)(H,20,21)/b11-9-. The number of hydrogen-bond donors (Lipinski definition) is 3. The van der Waals surface area contributed by atoms with Gasteiger partial charge in [0.1, 0.15) is 11.6 Å². The van der Waals surface area contributed by atoms with Crippen LogP contribution in [0, 0.1) is 22.7 Å². The molecule has 106 valence electrons. The molecule has 0 aliphatic heterocycles. The second kappa shape index (κ2) is 7.97. The first-order chi connectivity index (χ1) is 10.1. The van der Waals surface area contributed by atoms with E-state index in [1.807, 2.05) is 6.07 Å². The number of amides is 1. The van der Waals surface area contributed by atoms with E-state index in [0.29, 0.717) is 6.54 Å². The minimum Gasteiger partial charge on any atom is -0.478 e. The zero-order valence-electron chi connectivity index (χ0n) is 11.0. The Morgan fingerprint density at radius 2 is 2.10 bits per heavy atom. The van der Waals surface area contributed by atoms with Crippen LogP contribution in [0.4, 0.5) is 5.69 Å². The molecule has 0 aliphatic rings. The molecule has 1 rings (SSSR count). The fraction of sp³-hybridized carbons (Fsp3) is 0.143. The van der Waals surface area contributed by atoms with Crippen molar-refractivity contribution in [2.24, 2.45) is 0 Å². The number of carboxylic acid groups (broad SMARTS) is 1. The third-order valence-electron chi connectivity index (χ3n) is 2.36. The Bertz CT molecular complexity index is 653. The van der Waals surface area contributed by atoms with Gasteiger partial charge in [0, 0.05) is 18.4 Å². The summed E-state index contributed by atoms with van der Waals surface area (Å²) in [6.45, 7) is 0.323. The minimum atomic E-state index is -1.11. The Kier molecular flexibility index (Phi) is 5.97. The van der Waals surface area contributed by atoms with E-state index in [4.69, 9.17) is 15.6 Å². The topological polar surface area (TPSA) is 126 Å². The molecule has 21 heavy (non-hydrogen) atoms. The molecule has 1 amide bonds. The number of nitrogens with one attached hydrogen (secondary N) is 2. The van der Waals surface area contributed by atoms with Gasteiger partial charge in [0.25, 0.3) is 5.91 Å². The fourth-order valence-electron chi connectivity index (χ4n) is 1.38. The van der Waals surface area contributed by atoms with Crippen molar-refractivity contribution in [1.29, 1.82) is 10.5 Å². The number of benzene rings is 1. The maximum Gasteiger partial charge on any atom is 0.335 e. The van der Waals surface area contributed by atoms with Crippen LogP contribution in [-0.4, -0.2) is 23.5 Å². The molecule has 0 saturated heterocycles. The maximum atomic E-state index is 11.8. The Morgan fingerprint density at radius 1 is 1.33 bits per heavy atom. The molecule has 0 heterocycles. The van der Waals surface area contributed by atoms with Crippen LogP contribution >= 0.6 is 0 Å². The number of aromatic carboxylic acids is 1. The number of carbonyl (C=O) groups is 2. The first-order valence-corrected chi connectivity index (χ1v) is 5.93. The molecule has 0 radical (unpaired) electrons. The summed E-state index contributed by atoms with van der Waals surface area (Å²) in [5.41, 5.74) is 0.133. The largest absolute Gasteiger partial charge is 0.478 e. The Labute approximate surface area is 121 Å². The molecular formula is C14H12N4O3. The summed E-state index contributed by atoms with van der Waals surface area (Å²) in [4.78, 5) is 22.7. The number of nitrogens with zero attached hydrogens (tertiary/aromatic N) is 2. The van der Waals surface area contributed by atoms with Gasteiger partial charge in [0.05, 0.1) is 18.1 Å². The summed E-state index contributed by atoms with van der Waals surface area (Å²) in [5.74, 6) is -1.77. The van der Waals surface area contributed by atoms with Crippen molar-refractivity contribution in [2.75, 3.05) is 11.9 Å². The summed E-state index contributed by atoms with van der Waals surface area (Å²) in [7, 11) is 0. The van der Waals surface area contributed by atoms with E-state index in [9.17, 15) is 9.59 Å². The Balaban J connectivity index is 2.75. The molecule has 0 unspecified atom stereocenters. The van der Waals surface area contributed by atoms with Crippen molar-refractivity contribution >= 4 is 17.6 Å². The predicted octanol–water partition coefficient (Wildman–Crippen LogP) is 1.23. The second-order valence-electron chi connectivity index (χ2n) is 3.87. The highest BCUT2D eigenvalue weighted by Gasteiger charge is 2.10. The van der Waals surface area contributed by atoms with Crippen molar-refractivity contribution in [1.82, 2.24) is 5.32 Å². The maximum absolute atomic E-state index is 11.8. The van der Waals surface area contributed by atoms with Crippen molar-refractivity contribution in [2.45, 2.75) is 6.42 Å². The molecule has 1 aromatic rings. The van der Waals surface area contributed by atoms with E-state index in [2.05, 4.69) is 10.6 Å². The zero-order valence-corrected chi connectivity index (χ0v) is 11.0. The van der Waals surface area contributed by atoms with Crippen LogP contribution < -0.4 is 10.6 Å². The molecule has 0 spiro atoms. The Hall–Kier alpha value is -3.32. The van der Waals surface area contributed by atoms with Crippen molar-refractivity contribution in [3.05, 3.63) is 41.6 Å². The summed E-state index contributed by atoms with van der Waals surface area (Å²) in [6.07, 6.45) is 1.46. The van der Waals surface area contributed by atoms with Gasteiger partial charge in [-0.05, 0) is 18.2 Å². The highest BCUT2D eigenvalue weighted by molar-refractivity contribution is 6.06. The normalized spacial score (nSPS) is 10.1. The molecule has 7 nitrogen and oxygen atoms in total. The van der Waals surface area contributed by atoms with Gasteiger partial charge in [-0.3, -0.25) is 4.79 Å². The first kappa shape index (κ1) is 15.7. The SMILES string of the molecule is N#CCCN/C=C(/C#N)C(=O)Nc1cccc(C(=O)O)c1. The predicted molar refractivity (Wildman–Crippen MR) is 74.0 cm³/mol. The van der Waals surface area contributed by atoms with Crippen molar-refractivity contribution in [3.8, 4) is 12.1 Å². The van der Waals surface area contributed by atoms with E-state index in [-0.39, 0.29) is 23.2 Å².